The Morgan fingerprint density at radius 2 is 1.95 bits per heavy atom. The van der Waals surface area contributed by atoms with Crippen molar-refractivity contribution >= 4 is 33.6 Å². The van der Waals surface area contributed by atoms with Crippen molar-refractivity contribution in [3.05, 3.63) is 28.8 Å². The zero-order chi connectivity index (χ0) is 15.8. The Morgan fingerprint density at radius 1 is 1.29 bits per heavy atom. The number of carbonyl (C=O) groups is 2. The second-order valence-corrected chi connectivity index (χ2v) is 6.86. The van der Waals surface area contributed by atoms with Gasteiger partial charge in [0.05, 0.1) is 15.5 Å². The summed E-state index contributed by atoms with van der Waals surface area (Å²) in [6.07, 6.45) is 0.670. The van der Waals surface area contributed by atoms with Crippen LogP contribution in [0.2, 0.25) is 5.02 Å². The summed E-state index contributed by atoms with van der Waals surface area (Å²) in [5, 5.41) is 17.9. The fourth-order valence-electron chi connectivity index (χ4n) is 2.24. The molecule has 1 saturated heterocycles. The Morgan fingerprint density at radius 3 is 2.52 bits per heavy atom. The number of aliphatic carboxylic acids is 1. The van der Waals surface area contributed by atoms with Crippen LogP contribution in [-0.2, 0) is 14.8 Å². The van der Waals surface area contributed by atoms with E-state index < -0.39 is 28.0 Å². The van der Waals surface area contributed by atoms with Gasteiger partial charge in [0.2, 0.25) is 10.0 Å². The van der Waals surface area contributed by atoms with Gasteiger partial charge in [0.25, 0.3) is 0 Å². The molecule has 0 spiro atoms. The van der Waals surface area contributed by atoms with Gasteiger partial charge in [-0.05, 0) is 31.0 Å². The maximum Gasteiger partial charge on any atom is 0.337 e. The highest BCUT2D eigenvalue weighted by molar-refractivity contribution is 7.89. The minimum atomic E-state index is -4.08. The highest BCUT2D eigenvalue weighted by atomic mass is 35.5. The van der Waals surface area contributed by atoms with Crippen LogP contribution in [0.3, 0.4) is 0 Å². The number of benzene rings is 1. The Balaban J connectivity index is 2.47. The van der Waals surface area contributed by atoms with Crippen molar-refractivity contribution in [1.29, 1.82) is 0 Å². The number of hydrogen-bond donors (Lipinski definition) is 2. The molecule has 21 heavy (non-hydrogen) atoms. The van der Waals surface area contributed by atoms with Crippen LogP contribution in [0.1, 0.15) is 23.2 Å². The molecule has 0 radical (unpaired) electrons. The van der Waals surface area contributed by atoms with Gasteiger partial charge in [0, 0.05) is 6.54 Å². The lowest BCUT2D eigenvalue weighted by atomic mass is 10.2. The molecular weight excluding hydrogens is 322 g/mol. The fraction of sp³-hybridized carbons (Fsp3) is 0.333. The predicted octanol–water partition coefficient (Wildman–Crippen LogP) is 1.28. The Kier molecular flexibility index (Phi) is 4.22. The average molecular weight is 334 g/mol. The molecule has 9 heteroatoms. The number of carboxylic acid groups (broad SMARTS) is 2. The van der Waals surface area contributed by atoms with Crippen LogP contribution >= 0.6 is 11.6 Å². The molecule has 2 N–H and O–H groups in total. The van der Waals surface area contributed by atoms with Crippen molar-refractivity contribution in [2.75, 3.05) is 6.54 Å². The van der Waals surface area contributed by atoms with Crippen LogP contribution in [0.25, 0.3) is 0 Å². The Hall–Kier alpha value is -1.64. The van der Waals surface area contributed by atoms with Crippen LogP contribution in [0.15, 0.2) is 23.1 Å². The van der Waals surface area contributed by atoms with Crippen molar-refractivity contribution in [3.63, 3.8) is 0 Å². The Labute approximate surface area is 125 Å². The minimum absolute atomic E-state index is 0.0855. The highest BCUT2D eigenvalue weighted by Gasteiger charge is 2.39. The zero-order valence-electron chi connectivity index (χ0n) is 10.7. The van der Waals surface area contributed by atoms with Gasteiger partial charge in [-0.1, -0.05) is 11.6 Å². The molecule has 1 aliphatic rings. The smallest absolute Gasteiger partial charge is 0.337 e. The highest BCUT2D eigenvalue weighted by Crippen LogP contribution is 2.28. The molecule has 1 fully saturated rings. The van der Waals surface area contributed by atoms with Gasteiger partial charge in [-0.3, -0.25) is 4.79 Å². The first-order valence-corrected chi connectivity index (χ1v) is 7.84. The van der Waals surface area contributed by atoms with E-state index in [2.05, 4.69) is 0 Å². The topological polar surface area (TPSA) is 112 Å². The van der Waals surface area contributed by atoms with Gasteiger partial charge in [0.1, 0.15) is 6.04 Å². The largest absolute Gasteiger partial charge is 0.480 e. The fourth-order valence-corrected chi connectivity index (χ4v) is 4.11. The SMILES string of the molecule is O=C(O)c1cc(S(=O)(=O)N2CCC[C@@H]2C(=O)O)ccc1Cl. The van der Waals surface area contributed by atoms with E-state index in [1.54, 1.807) is 0 Å². The van der Waals surface area contributed by atoms with Gasteiger partial charge in [0.15, 0.2) is 0 Å². The molecule has 2 rings (SSSR count). The van der Waals surface area contributed by atoms with Gasteiger partial charge in [-0.15, -0.1) is 0 Å². The third-order valence-electron chi connectivity index (χ3n) is 3.26. The second-order valence-electron chi connectivity index (χ2n) is 4.56. The molecule has 0 bridgehead atoms. The summed E-state index contributed by atoms with van der Waals surface area (Å²) in [6, 6.07) is 2.15. The van der Waals surface area contributed by atoms with Gasteiger partial charge < -0.3 is 10.2 Å². The van der Waals surface area contributed by atoms with Crippen LogP contribution in [0.4, 0.5) is 0 Å². The van der Waals surface area contributed by atoms with Crippen molar-refractivity contribution in [3.8, 4) is 0 Å². The minimum Gasteiger partial charge on any atom is -0.480 e. The molecule has 1 aliphatic heterocycles. The van der Waals surface area contributed by atoms with E-state index in [4.69, 9.17) is 21.8 Å². The molecule has 1 aromatic carbocycles. The molecule has 1 atom stereocenters. The first-order chi connectivity index (χ1) is 9.75. The molecule has 0 unspecified atom stereocenters. The number of hydrogen-bond acceptors (Lipinski definition) is 4. The van der Waals surface area contributed by atoms with E-state index >= 15 is 0 Å². The molecule has 0 saturated carbocycles. The summed E-state index contributed by atoms with van der Waals surface area (Å²) < 4.78 is 25.8. The van der Waals surface area contributed by atoms with E-state index in [-0.39, 0.29) is 28.4 Å². The van der Waals surface area contributed by atoms with Gasteiger partial charge in [-0.25, -0.2) is 13.2 Å². The van der Waals surface area contributed by atoms with Crippen LogP contribution < -0.4 is 0 Å². The molecule has 1 aromatic rings. The number of aromatic carboxylic acids is 1. The normalized spacial score (nSPS) is 19.6. The lowest BCUT2D eigenvalue weighted by Gasteiger charge is -2.21. The van der Waals surface area contributed by atoms with E-state index in [1.165, 1.54) is 12.1 Å². The van der Waals surface area contributed by atoms with Crippen LogP contribution in [0.5, 0.6) is 0 Å². The summed E-state index contributed by atoms with van der Waals surface area (Å²) in [5.41, 5.74) is -0.344. The zero-order valence-corrected chi connectivity index (χ0v) is 12.3. The lowest BCUT2D eigenvalue weighted by Crippen LogP contribution is -2.40. The number of nitrogens with zero attached hydrogens (tertiary/aromatic N) is 1. The van der Waals surface area contributed by atoms with Gasteiger partial charge in [-0.2, -0.15) is 4.31 Å². The second kappa shape index (κ2) is 5.63. The maximum absolute atomic E-state index is 12.5. The van der Waals surface area contributed by atoms with E-state index in [0.29, 0.717) is 6.42 Å². The third-order valence-corrected chi connectivity index (χ3v) is 5.50. The Bertz CT molecular complexity index is 702. The number of carboxylic acids is 2. The van der Waals surface area contributed by atoms with E-state index in [0.717, 1.165) is 10.4 Å². The van der Waals surface area contributed by atoms with E-state index in [1.807, 2.05) is 0 Å². The van der Waals surface area contributed by atoms with Crippen molar-refractivity contribution in [2.24, 2.45) is 0 Å². The maximum atomic E-state index is 12.5. The third kappa shape index (κ3) is 2.87. The first kappa shape index (κ1) is 15.7. The number of halogens is 1. The van der Waals surface area contributed by atoms with Crippen LogP contribution in [0, 0.1) is 0 Å². The molecule has 114 valence electrons. The predicted molar refractivity (Wildman–Crippen MR) is 73.0 cm³/mol. The number of rotatable bonds is 4. The summed E-state index contributed by atoms with van der Waals surface area (Å²) in [6.45, 7) is 0.0876. The number of sulfonamides is 1. The van der Waals surface area contributed by atoms with Crippen LogP contribution in [-0.4, -0.2) is 47.5 Å². The van der Waals surface area contributed by atoms with Crippen molar-refractivity contribution in [1.82, 2.24) is 4.31 Å². The quantitative estimate of drug-likeness (QED) is 0.858. The summed E-state index contributed by atoms with van der Waals surface area (Å²) in [7, 11) is -4.08. The standard InChI is InChI=1S/C12H12ClNO6S/c13-9-4-3-7(6-8(9)11(15)16)21(19,20)14-5-1-2-10(14)12(17)18/h3-4,6,10H,1-2,5H2,(H,15,16)(H,17,18)/t10-/m1/s1. The van der Waals surface area contributed by atoms with E-state index in [9.17, 15) is 18.0 Å². The molecule has 0 aliphatic carbocycles. The molecule has 7 nitrogen and oxygen atoms in total. The first-order valence-electron chi connectivity index (χ1n) is 6.02. The molecule has 0 amide bonds. The summed E-state index contributed by atoms with van der Waals surface area (Å²) in [4.78, 5) is 21.8. The average Bonchev–Trinajstić information content (AvgIpc) is 2.88. The van der Waals surface area contributed by atoms with Crippen molar-refractivity contribution < 1.29 is 28.2 Å². The van der Waals surface area contributed by atoms with Gasteiger partial charge >= 0.3 is 11.9 Å². The summed E-state index contributed by atoms with van der Waals surface area (Å²) >= 11 is 5.70. The molecule has 1 heterocycles. The molecular formula is C12H12ClNO6S. The monoisotopic (exact) mass is 333 g/mol. The summed E-state index contributed by atoms with van der Waals surface area (Å²) in [5.74, 6) is -2.57. The molecule has 0 aromatic heterocycles. The lowest BCUT2D eigenvalue weighted by molar-refractivity contribution is -0.140. The van der Waals surface area contributed by atoms with Crippen molar-refractivity contribution in [2.45, 2.75) is 23.8 Å².